The average molecular weight is 508 g/mol. The van der Waals surface area contributed by atoms with Gasteiger partial charge in [0.2, 0.25) is 5.78 Å². The van der Waals surface area contributed by atoms with Crippen molar-refractivity contribution in [2.75, 3.05) is 25.2 Å². The molecule has 0 bridgehead atoms. The second kappa shape index (κ2) is 8.39. The molecular formula is C26H18ClNO8. The highest BCUT2D eigenvalue weighted by Gasteiger charge is 2.47. The van der Waals surface area contributed by atoms with Crippen LogP contribution in [0.2, 0.25) is 5.02 Å². The quantitative estimate of drug-likeness (QED) is 0.365. The van der Waals surface area contributed by atoms with Crippen LogP contribution in [-0.2, 0) is 4.79 Å². The number of carbonyl (C=O) groups excluding carboxylic acids is 2. The zero-order chi connectivity index (χ0) is 25.0. The van der Waals surface area contributed by atoms with E-state index in [9.17, 15) is 14.7 Å². The third kappa shape index (κ3) is 3.39. The number of rotatable bonds is 5. The summed E-state index contributed by atoms with van der Waals surface area (Å²) in [6, 6.07) is 11.8. The predicted octanol–water partition coefficient (Wildman–Crippen LogP) is 5.24. The number of hydrogen-bond donors (Lipinski definition) is 1. The van der Waals surface area contributed by atoms with Crippen LogP contribution in [0.25, 0.3) is 11.0 Å². The van der Waals surface area contributed by atoms with Gasteiger partial charge in [0.05, 0.1) is 18.9 Å². The monoisotopic (exact) mass is 507 g/mol. The number of fused-ring (bicyclic) bond motifs is 2. The Balaban J connectivity index is 1.46. The molecule has 1 atom stereocenters. The Hall–Kier alpha value is -4.37. The van der Waals surface area contributed by atoms with E-state index in [1.807, 2.05) is 0 Å². The summed E-state index contributed by atoms with van der Waals surface area (Å²) >= 11 is 6.15. The molecule has 182 valence electrons. The zero-order valence-corrected chi connectivity index (χ0v) is 19.6. The maximum absolute atomic E-state index is 13.7. The molecule has 10 heteroatoms. The molecule has 0 radical (unpaired) electrons. The lowest BCUT2D eigenvalue weighted by Crippen LogP contribution is -2.31. The standard InChI is InChI=1S/C26H18ClNO8/c1-32-20-11-14(27)9-13-10-19(36-25(13)20)23(29)21-22(17-3-2-6-33-17)28(26(31)24(21)30)15-4-5-16-18(12-15)35-8-7-34-16/h2-6,9-12,22,30H,7-8H2,1H3. The maximum Gasteiger partial charge on any atom is 0.294 e. The minimum absolute atomic E-state index is 0.0968. The normalized spacial score (nSPS) is 17.2. The number of anilines is 1. The number of nitrogens with zero attached hydrogens (tertiary/aromatic N) is 1. The first-order valence-corrected chi connectivity index (χ1v) is 11.4. The van der Waals surface area contributed by atoms with Crippen LogP contribution in [0, 0.1) is 0 Å². The van der Waals surface area contributed by atoms with Crippen molar-refractivity contribution >= 4 is 39.9 Å². The molecule has 2 aliphatic rings. The molecule has 0 spiro atoms. The summed E-state index contributed by atoms with van der Waals surface area (Å²) in [7, 11) is 1.46. The molecule has 1 N–H and O–H groups in total. The summed E-state index contributed by atoms with van der Waals surface area (Å²) in [4.78, 5) is 28.3. The third-order valence-corrected chi connectivity index (χ3v) is 6.28. The highest BCUT2D eigenvalue weighted by atomic mass is 35.5. The number of furan rings is 2. The van der Waals surface area contributed by atoms with Gasteiger partial charge in [-0.3, -0.25) is 14.5 Å². The molecule has 0 saturated carbocycles. The van der Waals surface area contributed by atoms with Gasteiger partial charge in [0, 0.05) is 28.2 Å². The second-order valence-electron chi connectivity index (χ2n) is 8.15. The Morgan fingerprint density at radius 1 is 1.11 bits per heavy atom. The lowest BCUT2D eigenvalue weighted by Gasteiger charge is -2.26. The fourth-order valence-corrected chi connectivity index (χ4v) is 4.70. The number of halogens is 1. The molecule has 36 heavy (non-hydrogen) atoms. The van der Waals surface area contributed by atoms with Gasteiger partial charge in [-0.2, -0.15) is 0 Å². The minimum atomic E-state index is -1.05. The molecule has 0 fully saturated rings. The number of ether oxygens (including phenoxy) is 3. The first kappa shape index (κ1) is 22.1. The van der Waals surface area contributed by atoms with Crippen molar-refractivity contribution in [3.63, 3.8) is 0 Å². The summed E-state index contributed by atoms with van der Waals surface area (Å²) in [5.74, 6) is -0.646. The lowest BCUT2D eigenvalue weighted by molar-refractivity contribution is -0.117. The van der Waals surface area contributed by atoms with Crippen LogP contribution < -0.4 is 19.1 Å². The molecule has 2 aliphatic heterocycles. The molecule has 0 aliphatic carbocycles. The third-order valence-electron chi connectivity index (χ3n) is 6.06. The second-order valence-corrected chi connectivity index (χ2v) is 8.59. The van der Waals surface area contributed by atoms with E-state index in [0.29, 0.717) is 52.1 Å². The molecule has 1 unspecified atom stereocenters. The van der Waals surface area contributed by atoms with Crippen molar-refractivity contribution in [3.8, 4) is 17.2 Å². The van der Waals surface area contributed by atoms with Crippen LogP contribution in [0.1, 0.15) is 22.4 Å². The van der Waals surface area contributed by atoms with Gasteiger partial charge in [0.15, 0.2) is 34.4 Å². The van der Waals surface area contributed by atoms with Crippen LogP contribution in [0.4, 0.5) is 5.69 Å². The highest BCUT2D eigenvalue weighted by Crippen LogP contribution is 2.45. The molecule has 6 rings (SSSR count). The zero-order valence-electron chi connectivity index (χ0n) is 18.8. The van der Waals surface area contributed by atoms with Crippen molar-refractivity contribution < 1.29 is 37.7 Å². The Morgan fingerprint density at radius 2 is 1.92 bits per heavy atom. The molecule has 2 aromatic carbocycles. The molecule has 1 amide bonds. The molecule has 9 nitrogen and oxygen atoms in total. The van der Waals surface area contributed by atoms with Crippen LogP contribution in [0.3, 0.4) is 0 Å². The minimum Gasteiger partial charge on any atom is -0.503 e. The Morgan fingerprint density at radius 3 is 2.67 bits per heavy atom. The summed E-state index contributed by atoms with van der Waals surface area (Å²) in [5, 5.41) is 11.9. The number of amides is 1. The van der Waals surface area contributed by atoms with Gasteiger partial charge in [-0.15, -0.1) is 0 Å². The van der Waals surface area contributed by atoms with E-state index in [0.717, 1.165) is 0 Å². The van der Waals surface area contributed by atoms with E-state index in [1.54, 1.807) is 42.5 Å². The first-order valence-electron chi connectivity index (χ1n) is 11.0. The Kier molecular flexibility index (Phi) is 5.15. The van der Waals surface area contributed by atoms with E-state index >= 15 is 0 Å². The van der Waals surface area contributed by atoms with E-state index in [1.165, 1.54) is 24.3 Å². The fraction of sp³-hybridized carbons (Fsp3) is 0.154. The molecule has 2 aromatic heterocycles. The number of carbonyl (C=O) groups is 2. The van der Waals surface area contributed by atoms with Gasteiger partial charge in [0.25, 0.3) is 5.91 Å². The van der Waals surface area contributed by atoms with Crippen LogP contribution in [-0.4, -0.2) is 37.1 Å². The van der Waals surface area contributed by atoms with Gasteiger partial charge in [0.1, 0.15) is 25.0 Å². The number of benzene rings is 2. The average Bonchev–Trinajstić information content (AvgIpc) is 3.62. The summed E-state index contributed by atoms with van der Waals surface area (Å²) in [6.45, 7) is 0.775. The Labute approximate surface area is 209 Å². The largest absolute Gasteiger partial charge is 0.503 e. The van der Waals surface area contributed by atoms with Gasteiger partial charge in [-0.05, 0) is 36.4 Å². The SMILES string of the molecule is COc1cc(Cl)cc2cc(C(=O)C3=C(O)C(=O)N(c4ccc5c(c4)OCCO5)C3c3ccco3)oc12. The maximum atomic E-state index is 13.7. The molecule has 4 aromatic rings. The number of ketones is 1. The summed E-state index contributed by atoms with van der Waals surface area (Å²) < 4.78 is 27.9. The molecule has 0 saturated heterocycles. The van der Waals surface area contributed by atoms with Crippen molar-refractivity contribution in [1.82, 2.24) is 0 Å². The summed E-state index contributed by atoms with van der Waals surface area (Å²) in [6.07, 6.45) is 1.42. The van der Waals surface area contributed by atoms with Crippen LogP contribution in [0.15, 0.2) is 75.0 Å². The van der Waals surface area contributed by atoms with Gasteiger partial charge in [-0.25, -0.2) is 0 Å². The molecular weight excluding hydrogens is 490 g/mol. The fourth-order valence-electron chi connectivity index (χ4n) is 4.48. The number of aliphatic hydroxyl groups is 1. The number of Topliss-reactive ketones (excluding diaryl/α,β-unsaturated/α-hetero) is 1. The van der Waals surface area contributed by atoms with Crippen molar-refractivity contribution in [2.24, 2.45) is 0 Å². The smallest absolute Gasteiger partial charge is 0.294 e. The van der Waals surface area contributed by atoms with E-state index in [-0.39, 0.29) is 17.1 Å². The van der Waals surface area contributed by atoms with Crippen molar-refractivity contribution in [1.29, 1.82) is 0 Å². The van der Waals surface area contributed by atoms with Gasteiger partial charge >= 0.3 is 0 Å². The van der Waals surface area contributed by atoms with Crippen LogP contribution >= 0.6 is 11.6 Å². The number of methoxy groups -OCH3 is 1. The highest BCUT2D eigenvalue weighted by molar-refractivity contribution is 6.31. The van der Waals surface area contributed by atoms with Gasteiger partial charge in [-0.1, -0.05) is 11.6 Å². The molecule has 4 heterocycles. The predicted molar refractivity (Wildman–Crippen MR) is 128 cm³/mol. The first-order chi connectivity index (χ1) is 17.5. The topological polar surface area (TPSA) is 112 Å². The number of aliphatic hydroxyl groups excluding tert-OH is 1. The Bertz CT molecular complexity index is 1550. The van der Waals surface area contributed by atoms with Crippen molar-refractivity contribution in [2.45, 2.75) is 6.04 Å². The lowest BCUT2D eigenvalue weighted by atomic mass is 9.99. The van der Waals surface area contributed by atoms with Crippen LogP contribution in [0.5, 0.6) is 17.2 Å². The van der Waals surface area contributed by atoms with E-state index in [2.05, 4.69) is 0 Å². The number of hydrogen-bond acceptors (Lipinski definition) is 8. The van der Waals surface area contributed by atoms with E-state index < -0.39 is 23.5 Å². The summed E-state index contributed by atoms with van der Waals surface area (Å²) in [5.41, 5.74) is 0.514. The van der Waals surface area contributed by atoms with Gasteiger partial charge < -0.3 is 28.2 Å². The van der Waals surface area contributed by atoms with E-state index in [4.69, 9.17) is 34.6 Å². The van der Waals surface area contributed by atoms with Crippen molar-refractivity contribution in [3.05, 3.63) is 82.7 Å².